The Kier molecular flexibility index (Phi) is 4.45. The summed E-state index contributed by atoms with van der Waals surface area (Å²) in [6.45, 7) is 1.99. The molecule has 4 nitrogen and oxygen atoms in total. The number of aryl methyl sites for hydroxylation is 1. The Labute approximate surface area is 117 Å². The van der Waals surface area contributed by atoms with Crippen molar-refractivity contribution < 1.29 is 14.4 Å². The maximum absolute atomic E-state index is 11.9. The molecule has 0 bridgehead atoms. The lowest BCUT2D eigenvalue weighted by Gasteiger charge is -2.16. The minimum atomic E-state index is -1.08. The third-order valence-electron chi connectivity index (χ3n) is 3.32. The van der Waals surface area contributed by atoms with E-state index in [0.29, 0.717) is 19.3 Å². The Bertz CT molecular complexity index is 542. The van der Waals surface area contributed by atoms with Gasteiger partial charge in [0, 0.05) is 24.7 Å². The quantitative estimate of drug-likeness (QED) is 0.675. The highest BCUT2D eigenvalue weighted by Crippen LogP contribution is 2.18. The molecule has 0 spiro atoms. The zero-order chi connectivity index (χ0) is 14.5. The first kappa shape index (κ1) is 14.2. The predicted octanol–water partition coefficient (Wildman–Crippen LogP) is 2.43. The molecule has 0 atom stereocenters. The van der Waals surface area contributed by atoms with Crippen molar-refractivity contribution in [3.05, 3.63) is 42.1 Å². The molecule has 20 heavy (non-hydrogen) atoms. The van der Waals surface area contributed by atoms with Crippen LogP contribution in [-0.4, -0.2) is 17.3 Å². The van der Waals surface area contributed by atoms with Crippen molar-refractivity contribution >= 4 is 23.0 Å². The van der Waals surface area contributed by atoms with Gasteiger partial charge in [0.25, 0.3) is 0 Å². The number of carbonyl (C=O) groups excluding carboxylic acids is 3. The lowest BCUT2D eigenvalue weighted by atomic mass is 9.84. The highest BCUT2D eigenvalue weighted by molar-refractivity contribution is 6.23. The zero-order valence-electron chi connectivity index (χ0n) is 11.4. The minimum Gasteiger partial charge on any atom is -0.362 e. The molecule has 1 aromatic carbocycles. The molecule has 0 unspecified atom stereocenters. The number of allylic oxidation sites excluding steroid dienone is 1. The van der Waals surface area contributed by atoms with Crippen molar-refractivity contribution in [1.29, 1.82) is 0 Å². The van der Waals surface area contributed by atoms with E-state index in [4.69, 9.17) is 0 Å². The average molecular weight is 271 g/mol. The third-order valence-corrected chi connectivity index (χ3v) is 3.32. The van der Waals surface area contributed by atoms with E-state index >= 15 is 0 Å². The molecular formula is C16H17NO3. The molecule has 1 fully saturated rings. The monoisotopic (exact) mass is 271 g/mol. The van der Waals surface area contributed by atoms with Crippen molar-refractivity contribution in [2.75, 3.05) is 5.32 Å². The van der Waals surface area contributed by atoms with Crippen LogP contribution < -0.4 is 5.32 Å². The van der Waals surface area contributed by atoms with Gasteiger partial charge in [-0.15, -0.1) is 0 Å². The zero-order valence-corrected chi connectivity index (χ0v) is 11.4. The normalized spacial score (nSPS) is 16.6. The second-order valence-electron chi connectivity index (χ2n) is 4.97. The molecule has 0 heterocycles. The average Bonchev–Trinajstić information content (AvgIpc) is 2.41. The molecule has 0 aliphatic heterocycles. The van der Waals surface area contributed by atoms with E-state index in [0.717, 1.165) is 11.3 Å². The van der Waals surface area contributed by atoms with Crippen molar-refractivity contribution in [1.82, 2.24) is 0 Å². The minimum absolute atomic E-state index is 0.258. The van der Waals surface area contributed by atoms with E-state index < -0.39 is 11.7 Å². The van der Waals surface area contributed by atoms with Crippen molar-refractivity contribution in [3.63, 3.8) is 0 Å². The topological polar surface area (TPSA) is 63.2 Å². The second kappa shape index (κ2) is 6.28. The summed E-state index contributed by atoms with van der Waals surface area (Å²) in [6, 6.07) is 7.68. The highest BCUT2D eigenvalue weighted by atomic mass is 16.2. The van der Waals surface area contributed by atoms with Crippen LogP contribution in [0.4, 0.5) is 5.69 Å². The summed E-state index contributed by atoms with van der Waals surface area (Å²) in [7, 11) is 0. The molecular weight excluding hydrogens is 254 g/mol. The van der Waals surface area contributed by atoms with Crippen LogP contribution in [0.1, 0.15) is 24.8 Å². The van der Waals surface area contributed by atoms with Gasteiger partial charge in [-0.05, 0) is 31.6 Å². The standard InChI is InChI=1S/C16H17NO3/c1-11-5-7-12(8-6-11)17-10-9-15(20)16-13(18)3-2-4-14(16)19/h5-10,16-17H,2-4H2,1H3/b10-9-. The number of hydrogen-bond acceptors (Lipinski definition) is 4. The molecule has 0 aromatic heterocycles. The lowest BCUT2D eigenvalue weighted by molar-refractivity contribution is -0.140. The number of Topliss-reactive ketones (excluding diaryl/α,β-unsaturated/α-hetero) is 2. The Hall–Kier alpha value is -2.23. The molecule has 1 saturated carbocycles. The summed E-state index contributed by atoms with van der Waals surface area (Å²) in [6.07, 6.45) is 3.95. The summed E-state index contributed by atoms with van der Waals surface area (Å²) in [5, 5.41) is 2.95. The summed E-state index contributed by atoms with van der Waals surface area (Å²) in [5.41, 5.74) is 2.00. The van der Waals surface area contributed by atoms with Crippen LogP contribution in [0, 0.1) is 12.8 Å². The van der Waals surface area contributed by atoms with Gasteiger partial charge in [-0.1, -0.05) is 17.7 Å². The molecule has 1 aromatic rings. The molecule has 104 valence electrons. The van der Waals surface area contributed by atoms with Crippen molar-refractivity contribution in [2.24, 2.45) is 5.92 Å². The first-order valence-corrected chi connectivity index (χ1v) is 6.67. The number of nitrogens with one attached hydrogen (secondary N) is 1. The number of hydrogen-bond donors (Lipinski definition) is 1. The fourth-order valence-corrected chi connectivity index (χ4v) is 2.19. The van der Waals surface area contributed by atoms with Crippen LogP contribution in [0.15, 0.2) is 36.5 Å². The van der Waals surface area contributed by atoms with Crippen LogP contribution in [0.5, 0.6) is 0 Å². The van der Waals surface area contributed by atoms with Crippen LogP contribution in [0.3, 0.4) is 0 Å². The molecule has 2 rings (SSSR count). The Morgan fingerprint density at radius 3 is 2.35 bits per heavy atom. The summed E-state index contributed by atoms with van der Waals surface area (Å²) < 4.78 is 0. The molecule has 1 N–H and O–H groups in total. The lowest BCUT2D eigenvalue weighted by Crippen LogP contribution is -2.34. The molecule has 0 radical (unpaired) electrons. The first-order chi connectivity index (χ1) is 9.58. The van der Waals surface area contributed by atoms with E-state index in [9.17, 15) is 14.4 Å². The van der Waals surface area contributed by atoms with Gasteiger partial charge in [-0.3, -0.25) is 14.4 Å². The number of carbonyl (C=O) groups is 3. The van der Waals surface area contributed by atoms with Crippen LogP contribution in [-0.2, 0) is 14.4 Å². The third kappa shape index (κ3) is 3.41. The van der Waals surface area contributed by atoms with Gasteiger partial charge in [0.2, 0.25) is 0 Å². The molecule has 4 heteroatoms. The highest BCUT2D eigenvalue weighted by Gasteiger charge is 2.34. The van der Waals surface area contributed by atoms with Crippen LogP contribution in [0.25, 0.3) is 0 Å². The molecule has 1 aliphatic carbocycles. The molecule has 0 amide bonds. The van der Waals surface area contributed by atoms with Crippen molar-refractivity contribution in [3.8, 4) is 0 Å². The summed E-state index contributed by atoms with van der Waals surface area (Å²) >= 11 is 0. The number of anilines is 1. The summed E-state index contributed by atoms with van der Waals surface area (Å²) in [5.74, 6) is -2.03. The maximum atomic E-state index is 11.9. The SMILES string of the molecule is Cc1ccc(N/C=C\C(=O)C2C(=O)CCCC2=O)cc1. The van der Waals surface area contributed by atoms with Gasteiger partial charge < -0.3 is 5.32 Å². The van der Waals surface area contributed by atoms with Crippen LogP contribution in [0.2, 0.25) is 0 Å². The molecule has 1 aliphatic rings. The van der Waals surface area contributed by atoms with Gasteiger partial charge in [0.15, 0.2) is 17.3 Å². The van der Waals surface area contributed by atoms with E-state index in [-0.39, 0.29) is 11.6 Å². The number of ketones is 3. The Morgan fingerprint density at radius 2 is 1.75 bits per heavy atom. The fourth-order valence-electron chi connectivity index (χ4n) is 2.19. The Morgan fingerprint density at radius 1 is 1.15 bits per heavy atom. The van der Waals surface area contributed by atoms with E-state index in [2.05, 4.69) is 5.32 Å². The number of benzene rings is 1. The molecule has 0 saturated heterocycles. The van der Waals surface area contributed by atoms with E-state index in [1.165, 1.54) is 12.3 Å². The van der Waals surface area contributed by atoms with E-state index in [1.54, 1.807) is 0 Å². The van der Waals surface area contributed by atoms with Gasteiger partial charge in [0.05, 0.1) is 0 Å². The van der Waals surface area contributed by atoms with Crippen LogP contribution >= 0.6 is 0 Å². The fraction of sp³-hybridized carbons (Fsp3) is 0.312. The number of rotatable bonds is 4. The smallest absolute Gasteiger partial charge is 0.175 e. The van der Waals surface area contributed by atoms with Gasteiger partial charge in [-0.25, -0.2) is 0 Å². The van der Waals surface area contributed by atoms with E-state index in [1.807, 2.05) is 31.2 Å². The maximum Gasteiger partial charge on any atom is 0.175 e. The predicted molar refractivity (Wildman–Crippen MR) is 76.3 cm³/mol. The van der Waals surface area contributed by atoms with Gasteiger partial charge in [0.1, 0.15) is 5.92 Å². The van der Waals surface area contributed by atoms with Crippen molar-refractivity contribution in [2.45, 2.75) is 26.2 Å². The second-order valence-corrected chi connectivity index (χ2v) is 4.97. The Balaban J connectivity index is 1.96. The first-order valence-electron chi connectivity index (χ1n) is 6.67. The van der Waals surface area contributed by atoms with Gasteiger partial charge in [-0.2, -0.15) is 0 Å². The summed E-state index contributed by atoms with van der Waals surface area (Å²) in [4.78, 5) is 35.1. The largest absolute Gasteiger partial charge is 0.362 e. The van der Waals surface area contributed by atoms with Gasteiger partial charge >= 0.3 is 0 Å².